The van der Waals surface area contributed by atoms with Gasteiger partial charge in [-0.05, 0) is 31.6 Å². The highest BCUT2D eigenvalue weighted by Crippen LogP contribution is 2.29. The number of hydrogen-bond donors (Lipinski definition) is 1. The Bertz CT molecular complexity index is 201. The van der Waals surface area contributed by atoms with Gasteiger partial charge in [-0.1, -0.05) is 20.3 Å². The van der Waals surface area contributed by atoms with Crippen molar-refractivity contribution in [2.45, 2.75) is 57.9 Å². The van der Waals surface area contributed by atoms with Crippen LogP contribution in [0.2, 0.25) is 0 Å². The van der Waals surface area contributed by atoms with E-state index in [4.69, 9.17) is 11.6 Å². The maximum atomic E-state index is 11.8. The van der Waals surface area contributed by atoms with Crippen LogP contribution in [0.5, 0.6) is 0 Å². The van der Waals surface area contributed by atoms with Crippen LogP contribution in [0.25, 0.3) is 0 Å². The Balaban J connectivity index is 2.38. The number of halogens is 1. The molecule has 1 aliphatic rings. The van der Waals surface area contributed by atoms with E-state index in [2.05, 4.69) is 19.2 Å². The van der Waals surface area contributed by atoms with Gasteiger partial charge in [-0.25, -0.2) is 0 Å². The number of rotatable bonds is 6. The molecule has 1 N–H and O–H groups in total. The molecule has 0 atom stereocenters. The molecule has 1 amide bonds. The molecule has 0 aromatic heterocycles. The van der Waals surface area contributed by atoms with E-state index in [9.17, 15) is 4.79 Å². The fraction of sp³-hybridized carbons (Fsp3) is 0.917. The first-order chi connectivity index (χ1) is 7.15. The van der Waals surface area contributed by atoms with E-state index in [0.29, 0.717) is 18.2 Å². The van der Waals surface area contributed by atoms with Gasteiger partial charge >= 0.3 is 0 Å². The maximum absolute atomic E-state index is 11.8. The lowest BCUT2D eigenvalue weighted by Crippen LogP contribution is -2.49. The van der Waals surface area contributed by atoms with Crippen molar-refractivity contribution in [1.29, 1.82) is 0 Å². The molecule has 0 saturated heterocycles. The fourth-order valence-corrected chi connectivity index (χ4v) is 2.40. The topological polar surface area (TPSA) is 29.1 Å². The van der Waals surface area contributed by atoms with Crippen molar-refractivity contribution in [1.82, 2.24) is 5.32 Å². The van der Waals surface area contributed by atoms with Gasteiger partial charge in [-0.15, -0.1) is 11.6 Å². The maximum Gasteiger partial charge on any atom is 0.220 e. The second kappa shape index (κ2) is 5.74. The number of carbonyl (C=O) groups excluding carboxylic acids is 1. The molecule has 0 spiro atoms. The zero-order valence-corrected chi connectivity index (χ0v) is 10.6. The standard InChI is InChI=1S/C12H22ClNO/c1-3-12(4-2,9-13)14-11(15)8-10-6-5-7-10/h10H,3-9H2,1-2H3,(H,14,15). The minimum atomic E-state index is -0.178. The third-order valence-electron chi connectivity index (χ3n) is 3.71. The number of carbonyl (C=O) groups is 1. The van der Waals surface area contributed by atoms with Gasteiger partial charge in [-0.3, -0.25) is 4.79 Å². The van der Waals surface area contributed by atoms with Crippen LogP contribution >= 0.6 is 11.6 Å². The van der Waals surface area contributed by atoms with Crippen LogP contribution in [0, 0.1) is 5.92 Å². The minimum Gasteiger partial charge on any atom is -0.349 e. The Morgan fingerprint density at radius 3 is 2.33 bits per heavy atom. The minimum absolute atomic E-state index is 0.178. The first-order valence-corrected chi connectivity index (χ1v) is 6.56. The highest BCUT2D eigenvalue weighted by atomic mass is 35.5. The van der Waals surface area contributed by atoms with Crippen LogP contribution in [0.15, 0.2) is 0 Å². The lowest BCUT2D eigenvalue weighted by molar-refractivity contribution is -0.124. The predicted molar refractivity (Wildman–Crippen MR) is 64.1 cm³/mol. The summed E-state index contributed by atoms with van der Waals surface area (Å²) >= 11 is 5.94. The molecule has 0 bridgehead atoms. The molecular formula is C12H22ClNO. The van der Waals surface area contributed by atoms with Crippen LogP contribution in [-0.4, -0.2) is 17.3 Å². The molecule has 0 aromatic carbocycles. The molecule has 1 saturated carbocycles. The molecule has 15 heavy (non-hydrogen) atoms. The van der Waals surface area contributed by atoms with E-state index in [1.807, 2.05) is 0 Å². The van der Waals surface area contributed by atoms with E-state index >= 15 is 0 Å². The molecule has 88 valence electrons. The molecule has 2 nitrogen and oxygen atoms in total. The Morgan fingerprint density at radius 1 is 1.40 bits per heavy atom. The number of alkyl halides is 1. The molecule has 0 aliphatic heterocycles. The van der Waals surface area contributed by atoms with E-state index in [-0.39, 0.29) is 11.4 Å². The summed E-state index contributed by atoms with van der Waals surface area (Å²) in [5, 5.41) is 3.11. The highest BCUT2D eigenvalue weighted by molar-refractivity contribution is 6.18. The van der Waals surface area contributed by atoms with Gasteiger partial charge in [0.2, 0.25) is 5.91 Å². The number of amides is 1. The Morgan fingerprint density at radius 2 is 2.00 bits per heavy atom. The zero-order valence-electron chi connectivity index (χ0n) is 9.81. The van der Waals surface area contributed by atoms with Crippen molar-refractivity contribution >= 4 is 17.5 Å². The summed E-state index contributed by atoms with van der Waals surface area (Å²) in [6.45, 7) is 4.16. The van der Waals surface area contributed by atoms with Gasteiger partial charge in [0.1, 0.15) is 0 Å². The number of hydrogen-bond acceptors (Lipinski definition) is 1. The predicted octanol–water partition coefficient (Wildman–Crippen LogP) is 3.09. The highest BCUT2D eigenvalue weighted by Gasteiger charge is 2.29. The molecule has 0 heterocycles. The summed E-state index contributed by atoms with van der Waals surface area (Å²) in [5.41, 5.74) is -0.178. The van der Waals surface area contributed by atoms with Crippen molar-refractivity contribution in [3.63, 3.8) is 0 Å². The van der Waals surface area contributed by atoms with Crippen LogP contribution < -0.4 is 5.32 Å². The fourth-order valence-electron chi connectivity index (χ4n) is 1.96. The van der Waals surface area contributed by atoms with E-state index in [1.54, 1.807) is 0 Å². The number of nitrogens with one attached hydrogen (secondary N) is 1. The summed E-state index contributed by atoms with van der Waals surface area (Å²) in [4.78, 5) is 11.8. The summed E-state index contributed by atoms with van der Waals surface area (Å²) in [6, 6.07) is 0. The average Bonchev–Trinajstić information content (AvgIpc) is 2.20. The molecular weight excluding hydrogens is 210 g/mol. The van der Waals surface area contributed by atoms with E-state index in [0.717, 1.165) is 12.8 Å². The first kappa shape index (κ1) is 12.8. The molecule has 3 heteroatoms. The summed E-state index contributed by atoms with van der Waals surface area (Å²) < 4.78 is 0. The Kier molecular flexibility index (Phi) is 4.91. The summed E-state index contributed by atoms with van der Waals surface area (Å²) in [5.74, 6) is 1.33. The first-order valence-electron chi connectivity index (χ1n) is 6.02. The van der Waals surface area contributed by atoms with Crippen molar-refractivity contribution in [2.24, 2.45) is 5.92 Å². The lowest BCUT2D eigenvalue weighted by Gasteiger charge is -2.32. The molecule has 1 fully saturated rings. The van der Waals surface area contributed by atoms with Crippen molar-refractivity contribution in [3.05, 3.63) is 0 Å². The summed E-state index contributed by atoms with van der Waals surface area (Å²) in [7, 11) is 0. The zero-order chi connectivity index (χ0) is 11.3. The smallest absolute Gasteiger partial charge is 0.220 e. The van der Waals surface area contributed by atoms with E-state index in [1.165, 1.54) is 19.3 Å². The second-order valence-electron chi connectivity index (χ2n) is 4.67. The van der Waals surface area contributed by atoms with Crippen LogP contribution in [-0.2, 0) is 4.79 Å². The largest absolute Gasteiger partial charge is 0.349 e. The van der Waals surface area contributed by atoms with Gasteiger partial charge in [0.25, 0.3) is 0 Å². The van der Waals surface area contributed by atoms with Crippen LogP contribution in [0.3, 0.4) is 0 Å². The molecule has 0 unspecified atom stereocenters. The van der Waals surface area contributed by atoms with Gasteiger partial charge in [0.15, 0.2) is 0 Å². The summed E-state index contributed by atoms with van der Waals surface area (Å²) in [6.07, 6.45) is 6.24. The normalized spacial score (nSPS) is 17.3. The van der Waals surface area contributed by atoms with Gasteiger partial charge < -0.3 is 5.32 Å². The molecule has 1 aliphatic carbocycles. The van der Waals surface area contributed by atoms with Gasteiger partial charge in [-0.2, -0.15) is 0 Å². The van der Waals surface area contributed by atoms with Gasteiger partial charge in [0.05, 0.1) is 5.54 Å². The second-order valence-corrected chi connectivity index (χ2v) is 4.94. The molecule has 0 aromatic rings. The molecule has 1 rings (SSSR count). The Labute approximate surface area is 97.8 Å². The Hall–Kier alpha value is -0.240. The van der Waals surface area contributed by atoms with Crippen LogP contribution in [0.1, 0.15) is 52.4 Å². The van der Waals surface area contributed by atoms with Crippen molar-refractivity contribution in [2.75, 3.05) is 5.88 Å². The average molecular weight is 232 g/mol. The van der Waals surface area contributed by atoms with Crippen molar-refractivity contribution < 1.29 is 4.79 Å². The third kappa shape index (κ3) is 3.37. The van der Waals surface area contributed by atoms with Crippen LogP contribution in [0.4, 0.5) is 0 Å². The third-order valence-corrected chi connectivity index (χ3v) is 4.22. The lowest BCUT2D eigenvalue weighted by atomic mass is 9.82. The van der Waals surface area contributed by atoms with Gasteiger partial charge in [0, 0.05) is 12.3 Å². The SMILES string of the molecule is CCC(CC)(CCl)NC(=O)CC1CCC1. The monoisotopic (exact) mass is 231 g/mol. The quantitative estimate of drug-likeness (QED) is 0.700. The van der Waals surface area contributed by atoms with Crippen molar-refractivity contribution in [3.8, 4) is 0 Å². The van der Waals surface area contributed by atoms with E-state index < -0.39 is 0 Å². The molecule has 0 radical (unpaired) electrons.